The van der Waals surface area contributed by atoms with Gasteiger partial charge in [0.05, 0.1) is 5.52 Å². The molecule has 6 nitrogen and oxygen atoms in total. The van der Waals surface area contributed by atoms with E-state index in [4.69, 9.17) is 4.74 Å². The Bertz CT molecular complexity index is 1070. The van der Waals surface area contributed by atoms with E-state index >= 15 is 0 Å². The molecule has 1 amide bonds. The summed E-state index contributed by atoms with van der Waals surface area (Å²) in [6, 6.07) is 13.8. The molecule has 1 aromatic heterocycles. The molecule has 0 spiro atoms. The van der Waals surface area contributed by atoms with Crippen molar-refractivity contribution in [2.45, 2.75) is 13.8 Å². The molecule has 0 aliphatic carbocycles. The van der Waals surface area contributed by atoms with Crippen LogP contribution in [0, 0.1) is 0 Å². The minimum Gasteiger partial charge on any atom is -0.483 e. The summed E-state index contributed by atoms with van der Waals surface area (Å²) >= 11 is 0. The number of nitrogens with zero attached hydrogens (tertiary/aromatic N) is 3. The van der Waals surface area contributed by atoms with Gasteiger partial charge in [0.2, 0.25) is 0 Å². The van der Waals surface area contributed by atoms with E-state index in [9.17, 15) is 4.79 Å². The van der Waals surface area contributed by atoms with E-state index in [2.05, 4.69) is 15.3 Å². The number of para-hydroxylation sites is 1. The van der Waals surface area contributed by atoms with Crippen molar-refractivity contribution in [2.75, 3.05) is 33.1 Å². The lowest BCUT2D eigenvalue weighted by atomic mass is 10.0. The molecule has 0 fully saturated rings. The number of rotatable bonds is 6. The van der Waals surface area contributed by atoms with Crippen LogP contribution in [-0.4, -0.2) is 48.5 Å². The summed E-state index contributed by atoms with van der Waals surface area (Å²) < 4.78 is 5.80. The lowest BCUT2D eigenvalue weighted by molar-refractivity contribution is -0.130. The molecule has 6 heteroatoms. The third kappa shape index (κ3) is 4.37. The van der Waals surface area contributed by atoms with E-state index < -0.39 is 0 Å². The largest absolute Gasteiger partial charge is 0.483 e. The number of anilines is 1. The van der Waals surface area contributed by atoms with Gasteiger partial charge in [-0.25, -0.2) is 9.97 Å². The zero-order chi connectivity index (χ0) is 21.0. The third-order valence-electron chi connectivity index (χ3n) is 4.77. The molecule has 0 atom stereocenters. The van der Waals surface area contributed by atoms with Crippen LogP contribution < -0.4 is 10.1 Å². The SMILES string of the molecule is CC=C(C)c1nc(NC)c2cc(-c3ccccc3OCC(=O)N(C)C)ccc2n1. The first-order chi connectivity index (χ1) is 13.9. The maximum Gasteiger partial charge on any atom is 0.259 e. The highest BCUT2D eigenvalue weighted by atomic mass is 16.5. The van der Waals surface area contributed by atoms with Crippen LogP contribution >= 0.6 is 0 Å². The predicted octanol–water partition coefficient (Wildman–Crippen LogP) is 4.23. The number of hydrogen-bond donors (Lipinski definition) is 1. The highest BCUT2D eigenvalue weighted by Crippen LogP contribution is 2.33. The molecule has 0 saturated heterocycles. The fourth-order valence-electron chi connectivity index (χ4n) is 2.89. The average Bonchev–Trinajstić information content (AvgIpc) is 2.75. The van der Waals surface area contributed by atoms with Crippen LogP contribution in [0.2, 0.25) is 0 Å². The number of allylic oxidation sites excluding steroid dienone is 2. The third-order valence-corrected chi connectivity index (χ3v) is 4.77. The quantitative estimate of drug-likeness (QED) is 0.682. The summed E-state index contributed by atoms with van der Waals surface area (Å²) in [5, 5.41) is 4.10. The van der Waals surface area contributed by atoms with Crippen LogP contribution in [0.4, 0.5) is 5.82 Å². The number of hydrogen-bond acceptors (Lipinski definition) is 5. The number of fused-ring (bicyclic) bond motifs is 1. The van der Waals surface area contributed by atoms with E-state index in [0.717, 1.165) is 33.4 Å². The number of likely N-dealkylation sites (N-methyl/N-ethyl adjacent to an activating group) is 1. The van der Waals surface area contributed by atoms with Crippen molar-refractivity contribution in [3.05, 3.63) is 54.4 Å². The van der Waals surface area contributed by atoms with Crippen molar-refractivity contribution in [2.24, 2.45) is 0 Å². The van der Waals surface area contributed by atoms with Gasteiger partial charge in [-0.05, 0) is 43.2 Å². The first-order valence-electron chi connectivity index (χ1n) is 9.49. The van der Waals surface area contributed by atoms with Gasteiger partial charge in [-0.1, -0.05) is 30.3 Å². The fourth-order valence-corrected chi connectivity index (χ4v) is 2.89. The second kappa shape index (κ2) is 8.73. The number of nitrogens with one attached hydrogen (secondary N) is 1. The van der Waals surface area contributed by atoms with Crippen LogP contribution in [-0.2, 0) is 4.79 Å². The molecule has 29 heavy (non-hydrogen) atoms. The van der Waals surface area contributed by atoms with Crippen molar-refractivity contribution >= 4 is 28.2 Å². The molecule has 0 radical (unpaired) electrons. The number of carbonyl (C=O) groups excluding carboxylic acids is 1. The molecule has 0 aliphatic rings. The van der Waals surface area contributed by atoms with Crippen LogP contribution in [0.3, 0.4) is 0 Å². The first-order valence-corrected chi connectivity index (χ1v) is 9.49. The minimum atomic E-state index is -0.0870. The van der Waals surface area contributed by atoms with E-state index in [1.165, 1.54) is 4.90 Å². The minimum absolute atomic E-state index is 0.00550. The summed E-state index contributed by atoms with van der Waals surface area (Å²) in [4.78, 5) is 22.8. The molecule has 1 heterocycles. The van der Waals surface area contributed by atoms with Crippen molar-refractivity contribution in [1.29, 1.82) is 0 Å². The Morgan fingerprint density at radius 2 is 1.93 bits per heavy atom. The normalized spacial score (nSPS) is 11.4. The average molecular weight is 390 g/mol. The van der Waals surface area contributed by atoms with Crippen molar-refractivity contribution in [3.63, 3.8) is 0 Å². The molecule has 0 bridgehead atoms. The summed E-state index contributed by atoms with van der Waals surface area (Å²) in [6.45, 7) is 3.97. The molecular weight excluding hydrogens is 364 g/mol. The van der Waals surface area contributed by atoms with Gasteiger partial charge in [0.25, 0.3) is 5.91 Å². The van der Waals surface area contributed by atoms with Gasteiger partial charge in [0.1, 0.15) is 11.6 Å². The van der Waals surface area contributed by atoms with E-state index in [0.29, 0.717) is 11.6 Å². The highest BCUT2D eigenvalue weighted by Gasteiger charge is 2.13. The Labute approximate surface area is 171 Å². The van der Waals surface area contributed by atoms with E-state index in [-0.39, 0.29) is 12.5 Å². The van der Waals surface area contributed by atoms with Gasteiger partial charge in [-0.15, -0.1) is 0 Å². The molecule has 150 valence electrons. The smallest absolute Gasteiger partial charge is 0.259 e. The zero-order valence-corrected chi connectivity index (χ0v) is 17.5. The van der Waals surface area contributed by atoms with Crippen molar-refractivity contribution < 1.29 is 9.53 Å². The lowest BCUT2D eigenvalue weighted by Crippen LogP contribution is -2.27. The number of benzene rings is 2. The standard InChI is InChI=1S/C23H26N4O2/c1-6-15(2)22-25-19-12-11-16(13-18(19)23(24-3)26-22)17-9-7-8-10-20(17)29-14-21(28)27(4)5/h6-13H,14H2,1-5H3,(H,24,25,26). The Kier molecular flexibility index (Phi) is 6.12. The van der Waals surface area contributed by atoms with Gasteiger partial charge in [0, 0.05) is 32.1 Å². The van der Waals surface area contributed by atoms with E-state index in [1.54, 1.807) is 14.1 Å². The van der Waals surface area contributed by atoms with Gasteiger partial charge in [0.15, 0.2) is 12.4 Å². The Hall–Kier alpha value is -3.41. The molecule has 0 saturated carbocycles. The molecule has 0 aliphatic heterocycles. The van der Waals surface area contributed by atoms with Crippen LogP contribution in [0.15, 0.2) is 48.5 Å². The summed E-state index contributed by atoms with van der Waals surface area (Å²) in [7, 11) is 5.28. The summed E-state index contributed by atoms with van der Waals surface area (Å²) in [6.07, 6.45) is 2.00. The van der Waals surface area contributed by atoms with Gasteiger partial charge >= 0.3 is 0 Å². The summed E-state index contributed by atoms with van der Waals surface area (Å²) in [5.41, 5.74) is 3.78. The monoisotopic (exact) mass is 390 g/mol. The second-order valence-electron chi connectivity index (χ2n) is 6.92. The van der Waals surface area contributed by atoms with Gasteiger partial charge < -0.3 is 15.0 Å². The zero-order valence-electron chi connectivity index (χ0n) is 17.5. The Balaban J connectivity index is 2.04. The molecular formula is C23H26N4O2. The van der Waals surface area contributed by atoms with Gasteiger partial charge in [-0.3, -0.25) is 4.79 Å². The molecule has 1 N–H and O–H groups in total. The van der Waals surface area contributed by atoms with Crippen LogP contribution in [0.1, 0.15) is 19.7 Å². The summed E-state index contributed by atoms with van der Waals surface area (Å²) in [5.74, 6) is 2.06. The van der Waals surface area contributed by atoms with E-state index in [1.807, 2.05) is 69.4 Å². The lowest BCUT2D eigenvalue weighted by Gasteiger charge is -2.15. The number of amides is 1. The van der Waals surface area contributed by atoms with Crippen LogP contribution in [0.5, 0.6) is 5.75 Å². The fraction of sp³-hybridized carbons (Fsp3) is 0.261. The molecule has 2 aromatic carbocycles. The first kappa shape index (κ1) is 20.3. The molecule has 3 rings (SSSR count). The number of carbonyl (C=O) groups is 1. The van der Waals surface area contributed by atoms with Crippen molar-refractivity contribution in [1.82, 2.24) is 14.9 Å². The maximum absolute atomic E-state index is 11.9. The highest BCUT2D eigenvalue weighted by molar-refractivity contribution is 5.94. The van der Waals surface area contributed by atoms with Crippen molar-refractivity contribution in [3.8, 4) is 16.9 Å². The predicted molar refractivity (Wildman–Crippen MR) is 118 cm³/mol. The Morgan fingerprint density at radius 3 is 2.62 bits per heavy atom. The number of aromatic nitrogens is 2. The molecule has 3 aromatic rings. The topological polar surface area (TPSA) is 67.4 Å². The Morgan fingerprint density at radius 1 is 1.17 bits per heavy atom. The number of ether oxygens (including phenoxy) is 1. The van der Waals surface area contributed by atoms with Crippen LogP contribution in [0.25, 0.3) is 27.6 Å². The van der Waals surface area contributed by atoms with Gasteiger partial charge in [-0.2, -0.15) is 0 Å². The maximum atomic E-state index is 11.9. The molecule has 0 unspecified atom stereocenters. The second-order valence-corrected chi connectivity index (χ2v) is 6.92.